The van der Waals surface area contributed by atoms with E-state index in [4.69, 9.17) is 0 Å². The molecule has 1 N–H and O–H groups in total. The SMILES string of the molecule is CC(O)C1(CC2CC3CCC2C3)CC1. The van der Waals surface area contributed by atoms with Crippen LogP contribution in [0.2, 0.25) is 0 Å². The van der Waals surface area contributed by atoms with Crippen molar-refractivity contribution in [1.29, 1.82) is 0 Å². The minimum atomic E-state index is -0.0540. The van der Waals surface area contributed by atoms with Crippen LogP contribution >= 0.6 is 0 Å². The van der Waals surface area contributed by atoms with E-state index in [1.165, 1.54) is 44.9 Å². The molecule has 4 atom stereocenters. The first kappa shape index (κ1) is 9.21. The maximum absolute atomic E-state index is 9.77. The Morgan fingerprint density at radius 1 is 1.29 bits per heavy atom. The third-order valence-electron chi connectivity index (χ3n) is 5.33. The van der Waals surface area contributed by atoms with Gasteiger partial charge in [-0.25, -0.2) is 0 Å². The van der Waals surface area contributed by atoms with Crippen LogP contribution in [-0.4, -0.2) is 11.2 Å². The summed E-state index contributed by atoms with van der Waals surface area (Å²) < 4.78 is 0. The zero-order chi connectivity index (χ0) is 9.76. The van der Waals surface area contributed by atoms with Crippen LogP contribution < -0.4 is 0 Å². The molecule has 0 aliphatic heterocycles. The maximum Gasteiger partial charge on any atom is 0.0568 e. The fraction of sp³-hybridized carbons (Fsp3) is 1.00. The van der Waals surface area contributed by atoms with Gasteiger partial charge >= 0.3 is 0 Å². The van der Waals surface area contributed by atoms with E-state index in [0.29, 0.717) is 5.41 Å². The van der Waals surface area contributed by atoms with Crippen LogP contribution in [0.4, 0.5) is 0 Å². The summed E-state index contributed by atoms with van der Waals surface area (Å²) in [5.74, 6) is 3.08. The molecule has 3 saturated carbocycles. The maximum atomic E-state index is 9.77. The Hall–Kier alpha value is -0.0400. The number of fused-ring (bicyclic) bond motifs is 2. The normalized spacial score (nSPS) is 45.4. The topological polar surface area (TPSA) is 20.2 Å². The van der Waals surface area contributed by atoms with Gasteiger partial charge in [0.1, 0.15) is 0 Å². The van der Waals surface area contributed by atoms with Crippen molar-refractivity contribution in [2.75, 3.05) is 0 Å². The van der Waals surface area contributed by atoms with E-state index in [-0.39, 0.29) is 6.10 Å². The van der Waals surface area contributed by atoms with Crippen LogP contribution in [0, 0.1) is 23.2 Å². The van der Waals surface area contributed by atoms with Gasteiger partial charge in [0, 0.05) is 0 Å². The summed E-state index contributed by atoms with van der Waals surface area (Å²) >= 11 is 0. The van der Waals surface area contributed by atoms with Crippen LogP contribution in [-0.2, 0) is 0 Å². The van der Waals surface area contributed by atoms with Gasteiger partial charge in [-0.2, -0.15) is 0 Å². The van der Waals surface area contributed by atoms with E-state index in [9.17, 15) is 5.11 Å². The smallest absolute Gasteiger partial charge is 0.0568 e. The molecule has 0 spiro atoms. The van der Waals surface area contributed by atoms with Gasteiger partial charge in [0.15, 0.2) is 0 Å². The number of rotatable bonds is 3. The quantitative estimate of drug-likeness (QED) is 0.732. The molecule has 0 amide bonds. The number of aliphatic hydroxyl groups excluding tert-OH is 1. The van der Waals surface area contributed by atoms with Crippen LogP contribution in [0.25, 0.3) is 0 Å². The molecule has 3 aliphatic rings. The van der Waals surface area contributed by atoms with Crippen molar-refractivity contribution < 1.29 is 5.11 Å². The second-order valence-electron chi connectivity index (χ2n) is 6.18. The summed E-state index contributed by atoms with van der Waals surface area (Å²) in [6.45, 7) is 2.00. The van der Waals surface area contributed by atoms with Crippen molar-refractivity contribution in [2.45, 2.75) is 58.0 Å². The second-order valence-corrected chi connectivity index (χ2v) is 6.18. The standard InChI is InChI=1S/C13H22O/c1-9(14)13(4-5-13)8-12-7-10-2-3-11(12)6-10/h9-12,14H,2-8H2,1H3. The molecule has 3 aliphatic carbocycles. The highest BCUT2D eigenvalue weighted by Crippen LogP contribution is 2.59. The molecule has 14 heavy (non-hydrogen) atoms. The Labute approximate surface area is 86.9 Å². The highest BCUT2D eigenvalue weighted by Gasteiger charge is 2.51. The van der Waals surface area contributed by atoms with Crippen molar-refractivity contribution in [3.05, 3.63) is 0 Å². The lowest BCUT2D eigenvalue weighted by Crippen LogP contribution is -2.24. The van der Waals surface area contributed by atoms with E-state index in [1.807, 2.05) is 6.92 Å². The Bertz CT molecular complexity index is 229. The molecular weight excluding hydrogens is 172 g/mol. The molecule has 1 heteroatoms. The average molecular weight is 194 g/mol. The van der Waals surface area contributed by atoms with Crippen molar-refractivity contribution in [3.63, 3.8) is 0 Å². The van der Waals surface area contributed by atoms with E-state index < -0.39 is 0 Å². The third-order valence-corrected chi connectivity index (χ3v) is 5.33. The lowest BCUT2D eigenvalue weighted by molar-refractivity contribution is 0.0832. The number of hydrogen-bond donors (Lipinski definition) is 1. The lowest BCUT2D eigenvalue weighted by atomic mass is 9.79. The van der Waals surface area contributed by atoms with Gasteiger partial charge in [-0.05, 0) is 68.6 Å². The molecule has 1 nitrogen and oxygen atoms in total. The summed E-state index contributed by atoms with van der Waals surface area (Å²) in [4.78, 5) is 0. The van der Waals surface area contributed by atoms with E-state index in [0.717, 1.165) is 17.8 Å². The van der Waals surface area contributed by atoms with Crippen molar-refractivity contribution >= 4 is 0 Å². The van der Waals surface area contributed by atoms with Crippen molar-refractivity contribution in [3.8, 4) is 0 Å². The minimum Gasteiger partial charge on any atom is -0.393 e. The van der Waals surface area contributed by atoms with Crippen LogP contribution in [0.15, 0.2) is 0 Å². The third kappa shape index (κ3) is 1.32. The Kier molecular flexibility index (Phi) is 1.96. The molecule has 0 aromatic carbocycles. The lowest BCUT2D eigenvalue weighted by Gasteiger charge is -2.28. The molecule has 0 aromatic heterocycles. The Morgan fingerprint density at radius 3 is 2.50 bits per heavy atom. The van der Waals surface area contributed by atoms with Crippen LogP contribution in [0.5, 0.6) is 0 Å². The molecular formula is C13H22O. The highest BCUT2D eigenvalue weighted by molar-refractivity contribution is 5.02. The van der Waals surface area contributed by atoms with Gasteiger partial charge in [0.25, 0.3) is 0 Å². The van der Waals surface area contributed by atoms with E-state index in [1.54, 1.807) is 0 Å². The largest absolute Gasteiger partial charge is 0.393 e. The van der Waals surface area contributed by atoms with Crippen LogP contribution in [0.3, 0.4) is 0 Å². The minimum absolute atomic E-state index is 0.0540. The zero-order valence-corrected chi connectivity index (χ0v) is 9.21. The van der Waals surface area contributed by atoms with Crippen molar-refractivity contribution in [1.82, 2.24) is 0 Å². The van der Waals surface area contributed by atoms with E-state index >= 15 is 0 Å². The first-order valence-corrected chi connectivity index (χ1v) is 6.38. The number of hydrogen-bond acceptors (Lipinski definition) is 1. The predicted octanol–water partition coefficient (Wildman–Crippen LogP) is 2.97. The Morgan fingerprint density at radius 2 is 2.07 bits per heavy atom. The first-order chi connectivity index (χ1) is 6.70. The summed E-state index contributed by atoms with van der Waals surface area (Å²) in [6.07, 6.45) is 9.86. The van der Waals surface area contributed by atoms with Gasteiger partial charge in [-0.3, -0.25) is 0 Å². The summed E-state index contributed by atoms with van der Waals surface area (Å²) in [6, 6.07) is 0. The Balaban J connectivity index is 1.63. The molecule has 4 unspecified atom stereocenters. The van der Waals surface area contributed by atoms with Gasteiger partial charge in [-0.1, -0.05) is 6.42 Å². The molecule has 0 radical (unpaired) electrons. The first-order valence-electron chi connectivity index (χ1n) is 6.38. The molecule has 80 valence electrons. The second kappa shape index (κ2) is 2.98. The van der Waals surface area contributed by atoms with Crippen molar-refractivity contribution in [2.24, 2.45) is 23.2 Å². The summed E-state index contributed by atoms with van der Waals surface area (Å²) in [5, 5.41) is 9.77. The molecule has 0 saturated heterocycles. The van der Waals surface area contributed by atoms with Gasteiger partial charge in [0.2, 0.25) is 0 Å². The number of aliphatic hydroxyl groups is 1. The summed E-state index contributed by atoms with van der Waals surface area (Å²) in [7, 11) is 0. The fourth-order valence-electron chi connectivity index (χ4n) is 4.10. The van der Waals surface area contributed by atoms with Gasteiger partial charge < -0.3 is 5.11 Å². The average Bonchev–Trinajstić information content (AvgIpc) is 2.66. The molecule has 3 rings (SSSR count). The molecule has 3 fully saturated rings. The molecule has 0 heterocycles. The summed E-state index contributed by atoms with van der Waals surface area (Å²) in [5.41, 5.74) is 0.370. The monoisotopic (exact) mass is 194 g/mol. The van der Waals surface area contributed by atoms with Crippen LogP contribution in [0.1, 0.15) is 51.9 Å². The molecule has 2 bridgehead atoms. The van der Waals surface area contributed by atoms with Gasteiger partial charge in [0.05, 0.1) is 6.10 Å². The zero-order valence-electron chi connectivity index (χ0n) is 9.21. The predicted molar refractivity (Wildman–Crippen MR) is 56.9 cm³/mol. The fourth-order valence-corrected chi connectivity index (χ4v) is 4.10. The van der Waals surface area contributed by atoms with Gasteiger partial charge in [-0.15, -0.1) is 0 Å². The van der Waals surface area contributed by atoms with E-state index in [2.05, 4.69) is 0 Å². The molecule has 0 aromatic rings. The highest BCUT2D eigenvalue weighted by atomic mass is 16.3.